The van der Waals surface area contributed by atoms with Crippen LogP contribution >= 0.6 is 0 Å². The summed E-state index contributed by atoms with van der Waals surface area (Å²) in [5, 5.41) is 3.25. The van der Waals surface area contributed by atoms with E-state index in [1.165, 1.54) is 18.5 Å². The summed E-state index contributed by atoms with van der Waals surface area (Å²) in [6.45, 7) is 9.34. The number of halogens is 1. The lowest BCUT2D eigenvalue weighted by atomic mass is 10.1. The lowest BCUT2D eigenvalue weighted by Crippen LogP contribution is -2.32. The first-order valence-electron chi connectivity index (χ1n) is 11.3. The predicted molar refractivity (Wildman–Crippen MR) is 132 cm³/mol. The van der Waals surface area contributed by atoms with Crippen LogP contribution in [0.5, 0.6) is 0 Å². The maximum Gasteiger partial charge on any atom is 0.255 e. The van der Waals surface area contributed by atoms with E-state index in [1.807, 2.05) is 11.5 Å². The van der Waals surface area contributed by atoms with Crippen LogP contribution in [0, 0.1) is 17.7 Å². The van der Waals surface area contributed by atoms with Crippen molar-refractivity contribution in [3.05, 3.63) is 65.9 Å². The number of nitrogens with two attached hydrogens (primary N) is 1. The van der Waals surface area contributed by atoms with Crippen molar-refractivity contribution >= 4 is 28.7 Å². The molecule has 1 saturated heterocycles. The molecular formula is C26H27FN6O2. The zero-order chi connectivity index (χ0) is 25.3. The van der Waals surface area contributed by atoms with Crippen LogP contribution in [0.25, 0.3) is 11.0 Å². The average molecular weight is 475 g/mol. The monoisotopic (exact) mass is 474 g/mol. The molecule has 0 saturated carbocycles. The van der Waals surface area contributed by atoms with Crippen LogP contribution in [0.3, 0.4) is 0 Å². The number of hydrogen-bond donors (Lipinski definition) is 2. The zero-order valence-corrected chi connectivity index (χ0v) is 19.9. The maximum atomic E-state index is 14.3. The molecule has 0 radical (unpaired) electrons. The van der Waals surface area contributed by atoms with Gasteiger partial charge < -0.3 is 20.5 Å². The van der Waals surface area contributed by atoms with Crippen LogP contribution in [0.4, 0.5) is 10.2 Å². The van der Waals surface area contributed by atoms with Gasteiger partial charge in [0.25, 0.3) is 5.91 Å². The number of nitrogens with zero attached hydrogens (tertiary/aromatic N) is 4. The van der Waals surface area contributed by atoms with Crippen molar-refractivity contribution < 1.29 is 14.0 Å². The minimum absolute atomic E-state index is 0.0390. The summed E-state index contributed by atoms with van der Waals surface area (Å²) in [4.78, 5) is 36.2. The van der Waals surface area contributed by atoms with E-state index < -0.39 is 17.8 Å². The van der Waals surface area contributed by atoms with E-state index in [0.717, 1.165) is 0 Å². The molecule has 9 heteroatoms. The van der Waals surface area contributed by atoms with E-state index in [0.29, 0.717) is 35.3 Å². The van der Waals surface area contributed by atoms with E-state index >= 15 is 0 Å². The van der Waals surface area contributed by atoms with Gasteiger partial charge in [-0.25, -0.2) is 14.4 Å². The van der Waals surface area contributed by atoms with E-state index in [4.69, 9.17) is 5.73 Å². The third-order valence-electron chi connectivity index (χ3n) is 6.38. The third-order valence-corrected chi connectivity index (χ3v) is 6.38. The molecule has 3 unspecified atom stereocenters. The van der Waals surface area contributed by atoms with Gasteiger partial charge in [0.05, 0.1) is 23.0 Å². The lowest BCUT2D eigenvalue weighted by molar-refractivity contribution is -0.126. The minimum atomic E-state index is -0.609. The highest BCUT2D eigenvalue weighted by Crippen LogP contribution is 2.36. The highest BCUT2D eigenvalue weighted by atomic mass is 19.1. The number of fused-ring (bicyclic) bond motifs is 1. The maximum absolute atomic E-state index is 14.3. The van der Waals surface area contributed by atoms with Crippen molar-refractivity contribution in [2.45, 2.75) is 45.3 Å². The number of nitrogens with one attached hydrogen (secondary N) is 1. The topological polar surface area (TPSA) is 106 Å². The first kappa shape index (κ1) is 24.0. The number of nitrogen functional groups attached to an aromatic ring is 1. The van der Waals surface area contributed by atoms with Gasteiger partial charge in [-0.3, -0.25) is 9.59 Å². The second kappa shape index (κ2) is 9.58. The standard InChI is InChI=1S/C26H27FN6O2/c1-5-9-20-22(26(35)31-16(4)18-10-7-8-11-19(18)27)23-24(28)29-14-30-25(23)33(20)17-12-15(3)32(13-17)21(34)6-2/h6-8,10-11,14-17H,2,12-13H2,1,3-4H3,(H,31,35)(H2,28,29,30). The largest absolute Gasteiger partial charge is 0.383 e. The molecular weight excluding hydrogens is 447 g/mol. The molecule has 3 heterocycles. The van der Waals surface area contributed by atoms with Crippen LogP contribution in [0.2, 0.25) is 0 Å². The average Bonchev–Trinajstić information content (AvgIpc) is 3.37. The van der Waals surface area contributed by atoms with Crippen LogP contribution in [-0.4, -0.2) is 43.8 Å². The van der Waals surface area contributed by atoms with Gasteiger partial charge in [-0.2, -0.15) is 0 Å². The van der Waals surface area contributed by atoms with Crippen molar-refractivity contribution in [2.24, 2.45) is 0 Å². The Morgan fingerprint density at radius 3 is 2.77 bits per heavy atom. The van der Waals surface area contributed by atoms with Gasteiger partial charge in [0, 0.05) is 18.2 Å². The van der Waals surface area contributed by atoms with Crippen LogP contribution in [-0.2, 0) is 4.79 Å². The van der Waals surface area contributed by atoms with E-state index in [-0.39, 0.29) is 29.4 Å². The number of rotatable bonds is 5. The summed E-state index contributed by atoms with van der Waals surface area (Å²) in [6, 6.07) is 5.44. The fourth-order valence-corrected chi connectivity index (χ4v) is 4.76. The van der Waals surface area contributed by atoms with Crippen LogP contribution in [0.15, 0.2) is 43.2 Å². The number of benzene rings is 1. The predicted octanol–water partition coefficient (Wildman–Crippen LogP) is 3.36. The first-order valence-corrected chi connectivity index (χ1v) is 11.3. The molecule has 0 bridgehead atoms. The summed E-state index contributed by atoms with van der Waals surface area (Å²) < 4.78 is 16.2. The number of anilines is 1. The highest BCUT2D eigenvalue weighted by Gasteiger charge is 2.36. The molecule has 2 aromatic heterocycles. The molecule has 3 atom stereocenters. The fraction of sp³-hybridized carbons (Fsp3) is 0.308. The van der Waals surface area contributed by atoms with Gasteiger partial charge in [-0.05, 0) is 45.3 Å². The number of amides is 2. The summed E-state index contributed by atoms with van der Waals surface area (Å²) in [7, 11) is 0. The smallest absolute Gasteiger partial charge is 0.255 e. The molecule has 35 heavy (non-hydrogen) atoms. The van der Waals surface area contributed by atoms with Crippen LogP contribution < -0.4 is 11.1 Å². The molecule has 4 rings (SSSR count). The minimum Gasteiger partial charge on any atom is -0.383 e. The van der Waals surface area contributed by atoms with Gasteiger partial charge >= 0.3 is 0 Å². The molecule has 180 valence electrons. The van der Waals surface area contributed by atoms with Gasteiger partial charge in [0.15, 0.2) is 0 Å². The second-order valence-corrected chi connectivity index (χ2v) is 8.58. The van der Waals surface area contributed by atoms with Gasteiger partial charge in [-0.1, -0.05) is 30.7 Å². The molecule has 8 nitrogen and oxygen atoms in total. The van der Waals surface area contributed by atoms with Crippen LogP contribution in [0.1, 0.15) is 60.9 Å². The Bertz CT molecular complexity index is 1390. The lowest BCUT2D eigenvalue weighted by Gasteiger charge is -2.19. The number of aromatic nitrogens is 3. The van der Waals surface area contributed by atoms with Gasteiger partial charge in [0.1, 0.15) is 29.3 Å². The third kappa shape index (κ3) is 4.23. The molecule has 3 aromatic rings. The second-order valence-electron chi connectivity index (χ2n) is 8.58. The molecule has 1 aliphatic heterocycles. The van der Waals surface area contributed by atoms with Crippen molar-refractivity contribution in [1.29, 1.82) is 0 Å². The fourth-order valence-electron chi connectivity index (χ4n) is 4.76. The zero-order valence-electron chi connectivity index (χ0n) is 19.9. The van der Waals surface area contributed by atoms with Crippen molar-refractivity contribution in [3.63, 3.8) is 0 Å². The highest BCUT2D eigenvalue weighted by molar-refractivity contribution is 6.12. The Morgan fingerprint density at radius 2 is 2.09 bits per heavy atom. The molecule has 0 aliphatic carbocycles. The summed E-state index contributed by atoms with van der Waals surface area (Å²) in [6.07, 6.45) is 3.27. The van der Waals surface area contributed by atoms with E-state index in [9.17, 15) is 14.0 Å². The summed E-state index contributed by atoms with van der Waals surface area (Å²) in [5.74, 6) is 5.03. The number of hydrogen-bond acceptors (Lipinski definition) is 5. The molecule has 1 aliphatic rings. The van der Waals surface area contributed by atoms with E-state index in [2.05, 4.69) is 33.7 Å². The Balaban J connectivity index is 1.84. The summed E-state index contributed by atoms with van der Waals surface area (Å²) in [5.41, 5.74) is 7.72. The Morgan fingerprint density at radius 1 is 1.34 bits per heavy atom. The van der Waals surface area contributed by atoms with Crippen molar-refractivity contribution in [1.82, 2.24) is 24.8 Å². The summed E-state index contributed by atoms with van der Waals surface area (Å²) >= 11 is 0. The van der Waals surface area contributed by atoms with E-state index in [1.54, 1.807) is 36.9 Å². The molecule has 0 spiro atoms. The Kier molecular flexibility index (Phi) is 6.56. The van der Waals surface area contributed by atoms with Gasteiger partial charge in [0.2, 0.25) is 5.91 Å². The van der Waals surface area contributed by atoms with Crippen molar-refractivity contribution in [2.75, 3.05) is 12.3 Å². The molecule has 3 N–H and O–H groups in total. The Hall–Kier alpha value is -4.19. The number of carbonyl (C=O) groups excluding carboxylic acids is 2. The number of carbonyl (C=O) groups is 2. The normalized spacial score (nSPS) is 18.1. The molecule has 1 fully saturated rings. The quantitative estimate of drug-likeness (QED) is 0.436. The van der Waals surface area contributed by atoms with Crippen molar-refractivity contribution in [3.8, 4) is 11.8 Å². The molecule has 2 amide bonds. The number of likely N-dealkylation sites (tertiary alicyclic amines) is 1. The molecule has 1 aromatic carbocycles. The first-order chi connectivity index (χ1) is 16.8. The SMILES string of the molecule is C=CC(=O)N1CC(n2c(C#CC)c(C(=O)NC(C)c3ccccc3F)c3c(N)ncnc32)CC1C. The Labute approximate surface area is 203 Å². The van der Waals surface area contributed by atoms with Gasteiger partial charge in [-0.15, -0.1) is 0 Å².